The van der Waals surface area contributed by atoms with Gasteiger partial charge in [0.25, 0.3) is 0 Å². The number of rotatable bonds is 2. The molecule has 0 aliphatic carbocycles. The van der Waals surface area contributed by atoms with Crippen LogP contribution in [-0.2, 0) is 23.6 Å². The Bertz CT molecular complexity index is 310. The predicted octanol–water partition coefficient (Wildman–Crippen LogP) is -1.76. The van der Waals surface area contributed by atoms with E-state index in [2.05, 4.69) is 13.7 Å². The summed E-state index contributed by atoms with van der Waals surface area (Å²) < 4.78 is 29.7. The fourth-order valence-corrected chi connectivity index (χ4v) is 1.75. The molecular formula is C5H10N2O5S. The van der Waals surface area contributed by atoms with Crippen molar-refractivity contribution in [2.75, 3.05) is 21.1 Å². The molecule has 1 heterocycles. The maximum absolute atomic E-state index is 11.3. The summed E-state index contributed by atoms with van der Waals surface area (Å²) in [6, 6.07) is 0. The standard InChI is InChI=1S/C5H10N2O5S/c1-6-5(4(8)7(2)3)11-13(9,10)12-5/h6H,1-3H3. The molecule has 1 amide bonds. The molecule has 1 aliphatic rings. The van der Waals surface area contributed by atoms with Gasteiger partial charge in [-0.1, -0.05) is 0 Å². The van der Waals surface area contributed by atoms with Crippen LogP contribution in [0.1, 0.15) is 0 Å². The van der Waals surface area contributed by atoms with Gasteiger partial charge in [0.15, 0.2) is 0 Å². The second kappa shape index (κ2) is 2.91. The maximum Gasteiger partial charge on any atom is 0.408 e. The average molecular weight is 210 g/mol. The van der Waals surface area contributed by atoms with Crippen LogP contribution in [0.15, 0.2) is 0 Å². The van der Waals surface area contributed by atoms with Crippen molar-refractivity contribution in [3.05, 3.63) is 0 Å². The third-order valence-electron chi connectivity index (χ3n) is 1.46. The summed E-state index contributed by atoms with van der Waals surface area (Å²) in [6.45, 7) is 0. The maximum atomic E-state index is 11.3. The van der Waals surface area contributed by atoms with Gasteiger partial charge in [0.2, 0.25) is 0 Å². The molecule has 0 aromatic carbocycles. The minimum Gasteiger partial charge on any atom is -0.343 e. The monoisotopic (exact) mass is 210 g/mol. The highest BCUT2D eigenvalue weighted by Crippen LogP contribution is 2.29. The molecule has 1 aliphatic heterocycles. The van der Waals surface area contributed by atoms with Gasteiger partial charge >= 0.3 is 22.2 Å². The molecule has 0 aromatic rings. The highest BCUT2D eigenvalue weighted by atomic mass is 32.3. The van der Waals surface area contributed by atoms with Crippen LogP contribution in [0, 0.1) is 0 Å². The Morgan fingerprint density at radius 1 is 1.38 bits per heavy atom. The van der Waals surface area contributed by atoms with E-state index < -0.39 is 22.2 Å². The van der Waals surface area contributed by atoms with Gasteiger partial charge in [-0.05, 0) is 7.05 Å². The van der Waals surface area contributed by atoms with Crippen LogP contribution < -0.4 is 5.32 Å². The zero-order chi connectivity index (χ0) is 10.3. The SMILES string of the molecule is CNC1(C(=O)N(C)C)OS(=O)(=O)O1. The zero-order valence-electron chi connectivity index (χ0n) is 7.40. The summed E-state index contributed by atoms with van der Waals surface area (Å²) in [5.41, 5.74) is 0. The molecule has 13 heavy (non-hydrogen) atoms. The molecule has 7 nitrogen and oxygen atoms in total. The molecule has 0 atom stereocenters. The summed E-state index contributed by atoms with van der Waals surface area (Å²) in [6.07, 6.45) is 0. The van der Waals surface area contributed by atoms with Gasteiger partial charge < -0.3 is 4.90 Å². The van der Waals surface area contributed by atoms with Crippen molar-refractivity contribution < 1.29 is 21.6 Å². The molecule has 1 fully saturated rings. The Morgan fingerprint density at radius 3 is 2.08 bits per heavy atom. The molecule has 0 radical (unpaired) electrons. The number of hydrogen-bond acceptors (Lipinski definition) is 6. The fourth-order valence-electron chi connectivity index (χ4n) is 0.850. The fraction of sp³-hybridized carbons (Fsp3) is 0.800. The summed E-state index contributed by atoms with van der Waals surface area (Å²) in [4.78, 5) is 12.5. The first-order valence-electron chi connectivity index (χ1n) is 3.40. The van der Waals surface area contributed by atoms with Gasteiger partial charge in [0.1, 0.15) is 0 Å². The van der Waals surface area contributed by atoms with E-state index in [1.807, 2.05) is 0 Å². The van der Waals surface area contributed by atoms with Crippen LogP contribution in [0.4, 0.5) is 0 Å². The Morgan fingerprint density at radius 2 is 1.85 bits per heavy atom. The molecule has 0 unspecified atom stereocenters. The highest BCUT2D eigenvalue weighted by Gasteiger charge is 2.58. The molecular weight excluding hydrogens is 200 g/mol. The van der Waals surface area contributed by atoms with Gasteiger partial charge in [-0.15, -0.1) is 0 Å². The second-order valence-corrected chi connectivity index (χ2v) is 3.79. The summed E-state index contributed by atoms with van der Waals surface area (Å²) in [5, 5.41) is 2.34. The van der Waals surface area contributed by atoms with Gasteiger partial charge in [0.05, 0.1) is 0 Å². The predicted molar refractivity (Wildman–Crippen MR) is 41.6 cm³/mol. The van der Waals surface area contributed by atoms with E-state index in [0.29, 0.717) is 0 Å². The van der Waals surface area contributed by atoms with Crippen molar-refractivity contribution in [1.82, 2.24) is 10.2 Å². The molecule has 0 spiro atoms. The molecule has 76 valence electrons. The van der Waals surface area contributed by atoms with Crippen LogP contribution in [0.25, 0.3) is 0 Å². The van der Waals surface area contributed by atoms with Gasteiger partial charge in [-0.3, -0.25) is 10.1 Å². The van der Waals surface area contributed by atoms with E-state index >= 15 is 0 Å². The lowest BCUT2D eigenvalue weighted by Gasteiger charge is -2.37. The molecule has 0 saturated carbocycles. The minimum atomic E-state index is -3.99. The number of carbonyl (C=O) groups is 1. The van der Waals surface area contributed by atoms with Crippen LogP contribution in [0.3, 0.4) is 0 Å². The smallest absolute Gasteiger partial charge is 0.343 e. The van der Waals surface area contributed by atoms with Crippen molar-refractivity contribution >= 4 is 16.3 Å². The van der Waals surface area contributed by atoms with Crippen LogP contribution in [-0.4, -0.2) is 46.3 Å². The zero-order valence-corrected chi connectivity index (χ0v) is 8.21. The molecule has 1 saturated heterocycles. The van der Waals surface area contributed by atoms with E-state index in [1.165, 1.54) is 21.1 Å². The van der Waals surface area contributed by atoms with Gasteiger partial charge in [-0.2, -0.15) is 16.8 Å². The van der Waals surface area contributed by atoms with Crippen molar-refractivity contribution in [3.8, 4) is 0 Å². The topological polar surface area (TPSA) is 84.9 Å². The summed E-state index contributed by atoms with van der Waals surface area (Å²) in [5.74, 6) is -2.49. The molecule has 0 bridgehead atoms. The van der Waals surface area contributed by atoms with E-state index in [0.717, 1.165) is 4.90 Å². The van der Waals surface area contributed by atoms with Crippen molar-refractivity contribution in [1.29, 1.82) is 0 Å². The number of carbonyl (C=O) groups excluding carboxylic acids is 1. The molecule has 1 N–H and O–H groups in total. The third-order valence-corrected chi connectivity index (χ3v) is 2.33. The third kappa shape index (κ3) is 1.66. The number of likely N-dealkylation sites (N-methyl/N-ethyl adjacent to an activating group) is 2. The largest absolute Gasteiger partial charge is 0.408 e. The highest BCUT2D eigenvalue weighted by molar-refractivity contribution is 7.82. The first-order valence-corrected chi connectivity index (χ1v) is 4.73. The number of amides is 1. The summed E-state index contributed by atoms with van der Waals surface area (Å²) in [7, 11) is 0.282. The lowest BCUT2D eigenvalue weighted by Crippen LogP contribution is -2.67. The molecule has 8 heteroatoms. The van der Waals surface area contributed by atoms with Crippen molar-refractivity contribution in [2.24, 2.45) is 0 Å². The minimum absolute atomic E-state index is 0.621. The lowest BCUT2D eigenvalue weighted by molar-refractivity contribution is -0.216. The quantitative estimate of drug-likeness (QED) is 0.581. The number of nitrogens with one attached hydrogen (secondary N) is 1. The van der Waals surface area contributed by atoms with E-state index in [9.17, 15) is 13.2 Å². The first kappa shape index (κ1) is 10.4. The number of hydrogen-bond donors (Lipinski definition) is 1. The van der Waals surface area contributed by atoms with Gasteiger partial charge in [0, 0.05) is 14.1 Å². The molecule has 0 aromatic heterocycles. The van der Waals surface area contributed by atoms with E-state index in [1.54, 1.807) is 0 Å². The van der Waals surface area contributed by atoms with E-state index in [-0.39, 0.29) is 0 Å². The number of nitrogens with zero attached hydrogens (tertiary/aromatic N) is 1. The van der Waals surface area contributed by atoms with Crippen LogP contribution in [0.2, 0.25) is 0 Å². The Hall–Kier alpha value is -0.700. The van der Waals surface area contributed by atoms with Gasteiger partial charge in [-0.25, -0.2) is 0 Å². The molecule has 1 rings (SSSR count). The summed E-state index contributed by atoms with van der Waals surface area (Å²) >= 11 is 0. The van der Waals surface area contributed by atoms with Crippen molar-refractivity contribution in [3.63, 3.8) is 0 Å². The van der Waals surface area contributed by atoms with Crippen molar-refractivity contribution in [2.45, 2.75) is 5.91 Å². The first-order chi connectivity index (χ1) is 5.83. The Balaban J connectivity index is 2.82. The van der Waals surface area contributed by atoms with E-state index in [4.69, 9.17) is 0 Å². The Kier molecular flexibility index (Phi) is 2.32. The Labute approximate surface area is 75.9 Å². The van der Waals surface area contributed by atoms with Crippen LogP contribution in [0.5, 0.6) is 0 Å². The van der Waals surface area contributed by atoms with Crippen LogP contribution >= 0.6 is 0 Å². The normalized spacial score (nSPS) is 23.3. The lowest BCUT2D eigenvalue weighted by atomic mass is 10.4. The average Bonchev–Trinajstić information content (AvgIpc) is 1.97. The second-order valence-electron chi connectivity index (χ2n) is 2.64.